The van der Waals surface area contributed by atoms with Gasteiger partial charge in [0.2, 0.25) is 0 Å². The first-order valence-corrected chi connectivity index (χ1v) is 3.64. The maximum absolute atomic E-state index is 3.87. The zero-order valence-electron chi connectivity index (χ0n) is 6.80. The summed E-state index contributed by atoms with van der Waals surface area (Å²) >= 11 is 0. The minimum Gasteiger partial charge on any atom is -0.310 e. The summed E-state index contributed by atoms with van der Waals surface area (Å²) < 4.78 is 0. The van der Waals surface area contributed by atoms with E-state index >= 15 is 0 Å². The number of rotatable bonds is 5. The van der Waals surface area contributed by atoms with Crippen molar-refractivity contribution < 1.29 is 0 Å². The maximum Gasteiger partial charge on any atom is 0.0462 e. The molecule has 0 atom stereocenters. The molecule has 0 bridgehead atoms. The van der Waals surface area contributed by atoms with Gasteiger partial charge in [-0.25, -0.2) is 0 Å². The number of hydrogen-bond donors (Lipinski definition) is 1. The van der Waals surface area contributed by atoms with Gasteiger partial charge >= 0.3 is 0 Å². The van der Waals surface area contributed by atoms with Crippen LogP contribution in [0.25, 0.3) is 0 Å². The van der Waals surface area contributed by atoms with E-state index in [-0.39, 0.29) is 0 Å². The Kier molecular flexibility index (Phi) is 5.83. The van der Waals surface area contributed by atoms with Crippen LogP contribution in [0.2, 0.25) is 0 Å². The van der Waals surface area contributed by atoms with Gasteiger partial charge in [0.1, 0.15) is 0 Å². The van der Waals surface area contributed by atoms with Crippen LogP contribution in [-0.4, -0.2) is 12.8 Å². The third-order valence-corrected chi connectivity index (χ3v) is 1.10. The molecule has 2 nitrogen and oxygen atoms in total. The molecule has 0 heterocycles. The fourth-order valence-electron chi connectivity index (χ4n) is 0.523. The van der Waals surface area contributed by atoms with Crippen LogP contribution < -0.4 is 5.43 Å². The number of hydrogen-bond acceptors (Lipinski definition) is 2. The van der Waals surface area contributed by atoms with Gasteiger partial charge in [0.15, 0.2) is 0 Å². The van der Waals surface area contributed by atoms with E-state index in [1.165, 1.54) is 0 Å². The van der Waals surface area contributed by atoms with Crippen LogP contribution in [0, 0.1) is 5.92 Å². The van der Waals surface area contributed by atoms with Gasteiger partial charge in [-0.3, -0.25) is 0 Å². The van der Waals surface area contributed by atoms with Gasteiger partial charge in [0, 0.05) is 12.8 Å². The molecule has 0 aromatic rings. The predicted octanol–water partition coefficient (Wildman–Crippen LogP) is 1.79. The third kappa shape index (κ3) is 7.21. The zero-order chi connectivity index (χ0) is 7.82. The minimum atomic E-state index is 0.742. The average Bonchev–Trinajstić information content (AvgIpc) is 1.87. The Balaban J connectivity index is 3.04. The fraction of sp³-hybridized carbons (Fsp3) is 0.625. The summed E-state index contributed by atoms with van der Waals surface area (Å²) in [6, 6.07) is 0. The summed E-state index contributed by atoms with van der Waals surface area (Å²) in [6.45, 7) is 8.84. The van der Waals surface area contributed by atoms with Crippen LogP contribution in [0.5, 0.6) is 0 Å². The normalized spacial score (nSPS) is 10.7. The molecule has 0 aliphatic rings. The number of allylic oxidation sites excluding steroid dienone is 1. The summed E-state index contributed by atoms with van der Waals surface area (Å²) in [5, 5.41) is 3.87. The van der Waals surface area contributed by atoms with E-state index in [4.69, 9.17) is 0 Å². The molecule has 0 saturated carbocycles. The Bertz CT molecular complexity index is 106. The van der Waals surface area contributed by atoms with Gasteiger partial charge in [-0.15, -0.1) is 0 Å². The van der Waals surface area contributed by atoms with Crippen molar-refractivity contribution in [3.63, 3.8) is 0 Å². The van der Waals surface area contributed by atoms with Gasteiger partial charge in [-0.05, 0) is 18.4 Å². The van der Waals surface area contributed by atoms with E-state index in [2.05, 4.69) is 31.0 Å². The molecule has 0 rings (SSSR count). The second kappa shape index (κ2) is 6.33. The first-order valence-electron chi connectivity index (χ1n) is 3.64. The first kappa shape index (κ1) is 9.21. The highest BCUT2D eigenvalue weighted by molar-refractivity contribution is 5.69. The molecule has 0 unspecified atom stereocenters. The van der Waals surface area contributed by atoms with E-state index < -0.39 is 0 Å². The van der Waals surface area contributed by atoms with Crippen molar-refractivity contribution in [3.05, 3.63) is 12.7 Å². The summed E-state index contributed by atoms with van der Waals surface area (Å²) in [4.78, 5) is 0. The molecular weight excluding hydrogens is 124 g/mol. The second-order valence-electron chi connectivity index (χ2n) is 2.60. The molecule has 0 aliphatic carbocycles. The largest absolute Gasteiger partial charge is 0.310 e. The average molecular weight is 140 g/mol. The Hall–Kier alpha value is -0.790. The van der Waals surface area contributed by atoms with Crippen LogP contribution in [0.4, 0.5) is 0 Å². The van der Waals surface area contributed by atoms with E-state index in [1.807, 2.05) is 0 Å². The number of nitrogens with zero attached hydrogens (tertiary/aromatic N) is 1. The van der Waals surface area contributed by atoms with Gasteiger partial charge in [0.05, 0.1) is 0 Å². The maximum atomic E-state index is 3.87. The molecule has 0 fully saturated rings. The molecule has 0 radical (unpaired) electrons. The van der Waals surface area contributed by atoms with Crippen LogP contribution in [0.3, 0.4) is 0 Å². The molecule has 0 aliphatic heterocycles. The van der Waals surface area contributed by atoms with Gasteiger partial charge < -0.3 is 5.43 Å². The van der Waals surface area contributed by atoms with E-state index in [1.54, 1.807) is 12.3 Å². The third-order valence-electron chi connectivity index (χ3n) is 1.10. The van der Waals surface area contributed by atoms with Crippen molar-refractivity contribution in [2.24, 2.45) is 11.0 Å². The highest BCUT2D eigenvalue weighted by Gasteiger charge is 1.89. The van der Waals surface area contributed by atoms with Crippen molar-refractivity contribution in [2.45, 2.75) is 20.3 Å². The van der Waals surface area contributed by atoms with Crippen LogP contribution in [0.1, 0.15) is 20.3 Å². The smallest absolute Gasteiger partial charge is 0.0462 e. The minimum absolute atomic E-state index is 0.742. The molecule has 0 amide bonds. The molecule has 0 aromatic carbocycles. The lowest BCUT2D eigenvalue weighted by Gasteiger charge is -2.01. The second-order valence-corrected chi connectivity index (χ2v) is 2.60. The molecule has 2 heteroatoms. The Morgan fingerprint density at radius 2 is 2.30 bits per heavy atom. The lowest BCUT2D eigenvalue weighted by molar-refractivity contribution is 0.549. The van der Waals surface area contributed by atoms with Gasteiger partial charge in [-0.1, -0.05) is 20.4 Å². The van der Waals surface area contributed by atoms with Crippen molar-refractivity contribution in [3.8, 4) is 0 Å². The van der Waals surface area contributed by atoms with Crippen LogP contribution in [0.15, 0.2) is 17.8 Å². The molecule has 1 N–H and O–H groups in total. The van der Waals surface area contributed by atoms with E-state index in [9.17, 15) is 0 Å². The standard InChI is InChI=1S/C8H16N2/c1-4-6-9-10-7-5-8(2)3/h4,6,8,10H,1,5,7H2,2-3H3. The Morgan fingerprint density at radius 3 is 2.80 bits per heavy atom. The molecule has 58 valence electrons. The monoisotopic (exact) mass is 140 g/mol. The number of hydrazone groups is 1. The first-order chi connectivity index (χ1) is 4.77. The molecular formula is C8H16N2. The highest BCUT2D eigenvalue weighted by atomic mass is 15.3. The van der Waals surface area contributed by atoms with E-state index in [0.29, 0.717) is 0 Å². The quantitative estimate of drug-likeness (QED) is 0.351. The summed E-state index contributed by atoms with van der Waals surface area (Å²) in [5.41, 5.74) is 2.92. The lowest BCUT2D eigenvalue weighted by Crippen LogP contribution is -2.09. The topological polar surface area (TPSA) is 24.4 Å². The van der Waals surface area contributed by atoms with Crippen LogP contribution in [-0.2, 0) is 0 Å². The SMILES string of the molecule is C=CC=NNCCC(C)C. The summed E-state index contributed by atoms with van der Waals surface area (Å²) in [5.74, 6) is 0.742. The Labute approximate surface area is 63.0 Å². The van der Waals surface area contributed by atoms with E-state index in [0.717, 1.165) is 18.9 Å². The van der Waals surface area contributed by atoms with Gasteiger partial charge in [-0.2, -0.15) is 5.10 Å². The highest BCUT2D eigenvalue weighted by Crippen LogP contribution is 1.95. The summed E-state index contributed by atoms with van der Waals surface area (Å²) in [6.07, 6.45) is 4.47. The Morgan fingerprint density at radius 1 is 1.60 bits per heavy atom. The summed E-state index contributed by atoms with van der Waals surface area (Å²) in [7, 11) is 0. The zero-order valence-corrected chi connectivity index (χ0v) is 6.80. The van der Waals surface area contributed by atoms with Gasteiger partial charge in [0.25, 0.3) is 0 Å². The number of nitrogens with one attached hydrogen (secondary N) is 1. The molecule has 10 heavy (non-hydrogen) atoms. The predicted molar refractivity (Wildman–Crippen MR) is 46.1 cm³/mol. The molecule has 0 aromatic heterocycles. The molecule has 0 spiro atoms. The van der Waals surface area contributed by atoms with Crippen LogP contribution >= 0.6 is 0 Å². The molecule has 0 saturated heterocycles. The van der Waals surface area contributed by atoms with Crippen molar-refractivity contribution in [1.29, 1.82) is 0 Å². The van der Waals surface area contributed by atoms with Crippen molar-refractivity contribution >= 4 is 6.21 Å². The fourth-order valence-corrected chi connectivity index (χ4v) is 0.523. The van der Waals surface area contributed by atoms with Crippen molar-refractivity contribution in [2.75, 3.05) is 6.54 Å². The van der Waals surface area contributed by atoms with Crippen molar-refractivity contribution in [1.82, 2.24) is 5.43 Å². The lowest BCUT2D eigenvalue weighted by atomic mass is 10.1.